The van der Waals surface area contributed by atoms with E-state index in [0.717, 1.165) is 11.6 Å². The second-order valence-electron chi connectivity index (χ2n) is 2.77. The maximum absolute atomic E-state index is 5.18. The summed E-state index contributed by atoms with van der Waals surface area (Å²) < 4.78 is 5.18. The second kappa shape index (κ2) is 5.14. The average molecular weight is 197 g/mol. The van der Waals surface area contributed by atoms with Gasteiger partial charge in [-0.05, 0) is 37.7 Å². The van der Waals surface area contributed by atoms with Crippen molar-refractivity contribution in [3.05, 3.63) is 23.8 Å². The molecule has 0 bridgehead atoms. The van der Waals surface area contributed by atoms with Crippen LogP contribution in [0.25, 0.3) is 0 Å². The van der Waals surface area contributed by atoms with Crippen LogP contribution in [0.3, 0.4) is 0 Å². The van der Waals surface area contributed by atoms with Crippen molar-refractivity contribution in [3.63, 3.8) is 0 Å². The van der Waals surface area contributed by atoms with Crippen LogP contribution in [0.4, 0.5) is 0 Å². The number of nitrogens with one attached hydrogen (secondary N) is 1. The van der Waals surface area contributed by atoms with Crippen molar-refractivity contribution in [2.24, 2.45) is 0 Å². The first-order valence-electron chi connectivity index (χ1n) is 4.20. The third-order valence-electron chi connectivity index (χ3n) is 1.75. The molecule has 2 nitrogen and oxygen atoms in total. The molecule has 0 aromatic heterocycles. The Bertz CT molecular complexity index is 276. The predicted molar refractivity (Wildman–Crippen MR) is 57.5 cm³/mol. The van der Waals surface area contributed by atoms with Crippen molar-refractivity contribution in [1.29, 1.82) is 0 Å². The molecule has 1 aromatic rings. The Morgan fingerprint density at radius 3 is 2.77 bits per heavy atom. The number of methoxy groups -OCH3 is 1. The van der Waals surface area contributed by atoms with Gasteiger partial charge in [-0.2, -0.15) is 0 Å². The minimum Gasteiger partial charge on any atom is -0.496 e. The van der Waals surface area contributed by atoms with Gasteiger partial charge in [-0.15, -0.1) is 11.8 Å². The molecule has 0 amide bonds. The lowest BCUT2D eigenvalue weighted by molar-refractivity contribution is 0.411. The van der Waals surface area contributed by atoms with Crippen molar-refractivity contribution in [3.8, 4) is 5.75 Å². The van der Waals surface area contributed by atoms with E-state index in [1.165, 1.54) is 10.5 Å². The molecule has 1 rings (SSSR count). The molecule has 13 heavy (non-hydrogen) atoms. The number of thioether (sulfide) groups is 1. The summed E-state index contributed by atoms with van der Waals surface area (Å²) in [6, 6.07) is 6.22. The van der Waals surface area contributed by atoms with Crippen LogP contribution in [0.1, 0.15) is 5.56 Å². The lowest BCUT2D eigenvalue weighted by Crippen LogP contribution is -2.02. The predicted octanol–water partition coefficient (Wildman–Crippen LogP) is 2.27. The van der Waals surface area contributed by atoms with E-state index < -0.39 is 0 Å². The van der Waals surface area contributed by atoms with E-state index in [4.69, 9.17) is 4.74 Å². The molecule has 3 heteroatoms. The Balaban J connectivity index is 2.71. The van der Waals surface area contributed by atoms with Gasteiger partial charge in [0.25, 0.3) is 0 Å². The van der Waals surface area contributed by atoms with Gasteiger partial charge >= 0.3 is 0 Å². The highest BCUT2D eigenvalue weighted by Gasteiger charge is 1.99. The molecule has 0 spiro atoms. The monoisotopic (exact) mass is 197 g/mol. The molecule has 0 aliphatic heterocycles. The van der Waals surface area contributed by atoms with Crippen molar-refractivity contribution >= 4 is 11.8 Å². The molecule has 0 aliphatic carbocycles. The highest BCUT2D eigenvalue weighted by molar-refractivity contribution is 7.99. The molecule has 72 valence electrons. The minimum atomic E-state index is 0.936. The van der Waals surface area contributed by atoms with Gasteiger partial charge in [0.2, 0.25) is 0 Å². The van der Waals surface area contributed by atoms with Crippen LogP contribution in [0, 0.1) is 6.92 Å². The Labute approximate surface area is 83.7 Å². The minimum absolute atomic E-state index is 0.936. The van der Waals surface area contributed by atoms with Crippen molar-refractivity contribution in [2.45, 2.75) is 11.8 Å². The quantitative estimate of drug-likeness (QED) is 0.591. The Morgan fingerprint density at radius 1 is 1.46 bits per heavy atom. The first kappa shape index (κ1) is 10.4. The van der Waals surface area contributed by atoms with Crippen LogP contribution in [0.15, 0.2) is 23.1 Å². The van der Waals surface area contributed by atoms with Gasteiger partial charge in [0, 0.05) is 10.8 Å². The summed E-state index contributed by atoms with van der Waals surface area (Å²) in [5.74, 6) is 1.89. The van der Waals surface area contributed by atoms with Crippen molar-refractivity contribution in [2.75, 3.05) is 20.0 Å². The summed E-state index contributed by atoms with van der Waals surface area (Å²) in [6.07, 6.45) is 0. The summed E-state index contributed by atoms with van der Waals surface area (Å²) in [5.41, 5.74) is 1.18. The van der Waals surface area contributed by atoms with Gasteiger partial charge in [0.15, 0.2) is 0 Å². The molecular weight excluding hydrogens is 182 g/mol. The van der Waals surface area contributed by atoms with Crippen molar-refractivity contribution < 1.29 is 4.74 Å². The van der Waals surface area contributed by atoms with Crippen molar-refractivity contribution in [1.82, 2.24) is 5.32 Å². The lowest BCUT2D eigenvalue weighted by atomic mass is 10.2. The average Bonchev–Trinajstić information content (AvgIpc) is 2.15. The highest BCUT2D eigenvalue weighted by Crippen LogP contribution is 2.24. The molecule has 0 aliphatic rings. The highest BCUT2D eigenvalue weighted by atomic mass is 32.2. The second-order valence-corrected chi connectivity index (χ2v) is 3.82. The molecule has 0 saturated heterocycles. The fourth-order valence-electron chi connectivity index (χ4n) is 1.10. The molecule has 0 unspecified atom stereocenters. The largest absolute Gasteiger partial charge is 0.496 e. The smallest absolute Gasteiger partial charge is 0.121 e. The number of ether oxygens (including phenoxy) is 1. The summed E-state index contributed by atoms with van der Waals surface area (Å²) >= 11 is 1.79. The number of aryl methyl sites for hydroxylation is 1. The number of benzene rings is 1. The lowest BCUT2D eigenvalue weighted by Gasteiger charge is -2.06. The fraction of sp³-hybridized carbons (Fsp3) is 0.400. The third kappa shape index (κ3) is 2.94. The molecule has 1 N–H and O–H groups in total. The SMILES string of the molecule is CNCSc1ccc(OC)c(C)c1. The normalized spacial score (nSPS) is 10.1. The molecule has 0 fully saturated rings. The first-order chi connectivity index (χ1) is 6.27. The Hall–Kier alpha value is -0.670. The first-order valence-corrected chi connectivity index (χ1v) is 5.18. The van der Waals surface area contributed by atoms with Crippen LogP contribution >= 0.6 is 11.8 Å². The van der Waals surface area contributed by atoms with E-state index in [0.29, 0.717) is 0 Å². The summed E-state index contributed by atoms with van der Waals surface area (Å²) in [4.78, 5) is 1.27. The standard InChI is InChI=1S/C10H15NOS/c1-8-6-9(13-7-11-2)4-5-10(8)12-3/h4-6,11H,7H2,1-3H3. The molecule has 0 heterocycles. The van der Waals surface area contributed by atoms with Crippen LogP contribution in [0.5, 0.6) is 5.75 Å². The maximum atomic E-state index is 5.18. The van der Waals surface area contributed by atoms with Crippen LogP contribution < -0.4 is 10.1 Å². The van der Waals surface area contributed by atoms with Gasteiger partial charge in [-0.1, -0.05) is 0 Å². The van der Waals surface area contributed by atoms with Gasteiger partial charge in [0.1, 0.15) is 5.75 Å². The van der Waals surface area contributed by atoms with E-state index in [2.05, 4.69) is 24.4 Å². The van der Waals surface area contributed by atoms with E-state index in [1.54, 1.807) is 18.9 Å². The topological polar surface area (TPSA) is 21.3 Å². The van der Waals surface area contributed by atoms with Crippen LogP contribution in [-0.2, 0) is 0 Å². The zero-order chi connectivity index (χ0) is 9.68. The molecular formula is C10H15NOS. The fourth-order valence-corrected chi connectivity index (χ4v) is 1.83. The molecule has 0 atom stereocenters. The molecule has 0 saturated carbocycles. The van der Waals surface area contributed by atoms with Gasteiger partial charge in [-0.3, -0.25) is 0 Å². The molecule has 1 aromatic carbocycles. The van der Waals surface area contributed by atoms with Gasteiger partial charge in [0.05, 0.1) is 7.11 Å². The molecule has 0 radical (unpaired) electrons. The van der Waals surface area contributed by atoms with E-state index in [1.807, 2.05) is 13.1 Å². The van der Waals surface area contributed by atoms with Crippen LogP contribution in [0.2, 0.25) is 0 Å². The van der Waals surface area contributed by atoms with E-state index in [9.17, 15) is 0 Å². The summed E-state index contributed by atoms with van der Waals surface area (Å²) in [7, 11) is 3.64. The van der Waals surface area contributed by atoms with E-state index in [-0.39, 0.29) is 0 Å². The maximum Gasteiger partial charge on any atom is 0.121 e. The zero-order valence-corrected chi connectivity index (χ0v) is 9.07. The third-order valence-corrected chi connectivity index (χ3v) is 2.77. The number of hydrogen-bond donors (Lipinski definition) is 1. The Kier molecular flexibility index (Phi) is 4.12. The van der Waals surface area contributed by atoms with E-state index >= 15 is 0 Å². The summed E-state index contributed by atoms with van der Waals surface area (Å²) in [6.45, 7) is 2.06. The van der Waals surface area contributed by atoms with Gasteiger partial charge < -0.3 is 10.1 Å². The van der Waals surface area contributed by atoms with Crippen LogP contribution in [-0.4, -0.2) is 20.0 Å². The van der Waals surface area contributed by atoms with Gasteiger partial charge in [-0.25, -0.2) is 0 Å². The Morgan fingerprint density at radius 2 is 2.23 bits per heavy atom. The number of rotatable bonds is 4. The zero-order valence-electron chi connectivity index (χ0n) is 8.26. The summed E-state index contributed by atoms with van der Waals surface area (Å²) in [5, 5.41) is 3.10. The number of hydrogen-bond acceptors (Lipinski definition) is 3.